The molecule has 0 aliphatic carbocycles. The van der Waals surface area contributed by atoms with Gasteiger partial charge in [0.05, 0.1) is 16.0 Å². The number of non-ortho nitro benzene ring substituents is 1. The van der Waals surface area contributed by atoms with Gasteiger partial charge in [0, 0.05) is 23.2 Å². The Hall–Kier alpha value is -3.08. The van der Waals surface area contributed by atoms with Crippen molar-refractivity contribution in [3.8, 4) is 0 Å². The van der Waals surface area contributed by atoms with Gasteiger partial charge in [-0.1, -0.05) is 41.1 Å². The Morgan fingerprint density at radius 1 is 1.17 bits per heavy atom. The molecule has 29 heavy (non-hydrogen) atoms. The molecule has 0 aliphatic heterocycles. The van der Waals surface area contributed by atoms with E-state index in [9.17, 15) is 23.3 Å². The maximum Gasteiger partial charge on any atom is 0.269 e. The van der Waals surface area contributed by atoms with Crippen molar-refractivity contribution >= 4 is 55.6 Å². The van der Waals surface area contributed by atoms with Gasteiger partial charge < -0.3 is 0 Å². The number of hydrogen-bond acceptors (Lipinski definition) is 7. The third kappa shape index (κ3) is 4.86. The molecule has 1 N–H and O–H groups in total. The average molecular weight is 450 g/mol. The fraction of sp³-hybridized carbons (Fsp3) is 0. The number of nitro benzene ring substituents is 1. The molecule has 0 spiro atoms. The van der Waals surface area contributed by atoms with E-state index in [4.69, 9.17) is 11.6 Å². The van der Waals surface area contributed by atoms with Gasteiger partial charge in [-0.15, -0.1) is 0 Å². The SMILES string of the molecule is O=C(C=Cc1ccccc1Cl)Nc1ncc(S(=O)(=O)c2ccc([N+](=O)[O-])cc2)s1. The van der Waals surface area contributed by atoms with E-state index < -0.39 is 20.7 Å². The second-order valence-electron chi connectivity index (χ2n) is 5.58. The number of anilines is 1. The lowest BCUT2D eigenvalue weighted by Gasteiger charge is -2.01. The molecule has 148 valence electrons. The van der Waals surface area contributed by atoms with Gasteiger partial charge in [-0.25, -0.2) is 13.4 Å². The normalized spacial score (nSPS) is 11.5. The highest BCUT2D eigenvalue weighted by Gasteiger charge is 2.22. The average Bonchev–Trinajstić information content (AvgIpc) is 3.16. The first-order chi connectivity index (χ1) is 13.8. The van der Waals surface area contributed by atoms with Crippen molar-refractivity contribution in [2.24, 2.45) is 0 Å². The van der Waals surface area contributed by atoms with Crippen LogP contribution >= 0.6 is 22.9 Å². The Labute approximate surface area is 174 Å². The Morgan fingerprint density at radius 2 is 1.86 bits per heavy atom. The van der Waals surface area contributed by atoms with Crippen LogP contribution in [0.3, 0.4) is 0 Å². The molecule has 1 aromatic heterocycles. The standard InChI is InChI=1S/C18H12ClN3O5S2/c19-15-4-2-1-3-12(15)5-10-16(23)21-18-20-11-17(28-18)29(26,27)14-8-6-13(7-9-14)22(24)25/h1-11H,(H,20,21,23). The van der Waals surface area contributed by atoms with Crippen LogP contribution in [-0.2, 0) is 14.6 Å². The molecule has 8 nitrogen and oxygen atoms in total. The summed E-state index contributed by atoms with van der Waals surface area (Å²) in [7, 11) is -3.91. The Kier molecular flexibility index (Phi) is 6.06. The molecule has 0 fully saturated rings. The maximum absolute atomic E-state index is 12.6. The van der Waals surface area contributed by atoms with Crippen molar-refractivity contribution < 1.29 is 18.1 Å². The minimum atomic E-state index is -3.91. The lowest BCUT2D eigenvalue weighted by Crippen LogP contribution is -2.07. The van der Waals surface area contributed by atoms with Gasteiger partial charge >= 0.3 is 0 Å². The van der Waals surface area contributed by atoms with Gasteiger partial charge in [-0.2, -0.15) is 0 Å². The lowest BCUT2D eigenvalue weighted by atomic mass is 10.2. The van der Waals surface area contributed by atoms with Crippen molar-refractivity contribution in [3.05, 3.63) is 81.5 Å². The maximum atomic E-state index is 12.6. The first-order valence-electron chi connectivity index (χ1n) is 7.96. The molecule has 0 saturated heterocycles. The highest BCUT2D eigenvalue weighted by Crippen LogP contribution is 2.29. The van der Waals surface area contributed by atoms with Crippen LogP contribution < -0.4 is 5.32 Å². The minimum absolute atomic E-state index is 0.0966. The number of amides is 1. The van der Waals surface area contributed by atoms with Crippen LogP contribution in [0.25, 0.3) is 6.08 Å². The van der Waals surface area contributed by atoms with E-state index in [1.165, 1.54) is 12.2 Å². The summed E-state index contributed by atoms with van der Waals surface area (Å²) in [4.78, 5) is 25.9. The first-order valence-corrected chi connectivity index (χ1v) is 10.6. The smallest absolute Gasteiger partial charge is 0.269 e. The van der Waals surface area contributed by atoms with Gasteiger partial charge in [-0.05, 0) is 29.8 Å². The number of hydrogen-bond donors (Lipinski definition) is 1. The number of halogens is 1. The van der Waals surface area contributed by atoms with Crippen LogP contribution in [0.5, 0.6) is 0 Å². The molecule has 0 bridgehead atoms. The molecule has 0 saturated carbocycles. The Balaban J connectivity index is 1.73. The summed E-state index contributed by atoms with van der Waals surface area (Å²) in [5.41, 5.74) is 0.441. The zero-order valence-electron chi connectivity index (χ0n) is 14.5. The van der Waals surface area contributed by atoms with Crippen LogP contribution in [0.4, 0.5) is 10.8 Å². The van der Waals surface area contributed by atoms with Crippen molar-refractivity contribution in [1.29, 1.82) is 0 Å². The zero-order chi connectivity index (χ0) is 21.0. The second-order valence-corrected chi connectivity index (χ2v) is 9.20. The Bertz CT molecular complexity index is 1200. The number of rotatable bonds is 6. The quantitative estimate of drug-likeness (QED) is 0.342. The third-order valence-electron chi connectivity index (χ3n) is 3.66. The fourth-order valence-electron chi connectivity index (χ4n) is 2.23. The predicted molar refractivity (Wildman–Crippen MR) is 110 cm³/mol. The Morgan fingerprint density at radius 3 is 2.52 bits per heavy atom. The zero-order valence-corrected chi connectivity index (χ0v) is 16.9. The van der Waals surface area contributed by atoms with Gasteiger partial charge in [0.15, 0.2) is 5.13 Å². The molecular formula is C18H12ClN3O5S2. The predicted octanol–water partition coefficient (Wildman–Crippen LogP) is 4.19. The van der Waals surface area contributed by atoms with Crippen molar-refractivity contribution in [2.75, 3.05) is 5.32 Å². The molecule has 2 aromatic carbocycles. The summed E-state index contributed by atoms with van der Waals surface area (Å²) >= 11 is 6.78. The molecular weight excluding hydrogens is 438 g/mol. The molecule has 1 heterocycles. The van der Waals surface area contributed by atoms with E-state index in [2.05, 4.69) is 10.3 Å². The van der Waals surface area contributed by atoms with Crippen LogP contribution in [0.2, 0.25) is 5.02 Å². The van der Waals surface area contributed by atoms with Crippen LogP contribution in [-0.4, -0.2) is 24.2 Å². The van der Waals surface area contributed by atoms with Gasteiger partial charge in [-0.3, -0.25) is 20.2 Å². The first kappa shape index (κ1) is 20.6. The summed E-state index contributed by atoms with van der Waals surface area (Å²) in [5, 5.41) is 13.8. The molecule has 3 aromatic rings. The number of aromatic nitrogens is 1. The van der Waals surface area contributed by atoms with E-state index in [0.717, 1.165) is 41.8 Å². The largest absolute Gasteiger partial charge is 0.298 e. The van der Waals surface area contributed by atoms with Crippen LogP contribution in [0.1, 0.15) is 5.56 Å². The van der Waals surface area contributed by atoms with E-state index >= 15 is 0 Å². The van der Waals surface area contributed by atoms with Gasteiger partial charge in [0.1, 0.15) is 4.21 Å². The highest BCUT2D eigenvalue weighted by atomic mass is 35.5. The topological polar surface area (TPSA) is 119 Å². The van der Waals surface area contributed by atoms with E-state index in [0.29, 0.717) is 10.6 Å². The summed E-state index contributed by atoms with van der Waals surface area (Å²) in [6.07, 6.45) is 3.90. The molecule has 0 unspecified atom stereocenters. The van der Waals surface area contributed by atoms with Crippen molar-refractivity contribution in [1.82, 2.24) is 4.98 Å². The molecule has 1 amide bonds. The van der Waals surface area contributed by atoms with Crippen molar-refractivity contribution in [3.63, 3.8) is 0 Å². The fourth-order valence-corrected chi connectivity index (χ4v) is 4.86. The summed E-state index contributed by atoms with van der Waals surface area (Å²) in [6, 6.07) is 11.5. The minimum Gasteiger partial charge on any atom is -0.298 e. The number of nitro groups is 1. The van der Waals surface area contributed by atoms with Gasteiger partial charge in [0.2, 0.25) is 15.7 Å². The summed E-state index contributed by atoms with van der Waals surface area (Å²) in [6.45, 7) is 0. The number of carbonyl (C=O) groups excluding carboxylic acids is 1. The number of thiazole rings is 1. The molecule has 0 aliphatic rings. The highest BCUT2D eigenvalue weighted by molar-refractivity contribution is 7.93. The number of nitrogens with one attached hydrogen (secondary N) is 1. The van der Waals surface area contributed by atoms with E-state index in [1.54, 1.807) is 24.3 Å². The molecule has 0 atom stereocenters. The summed E-state index contributed by atoms with van der Waals surface area (Å²) in [5.74, 6) is -0.501. The molecule has 11 heteroatoms. The monoisotopic (exact) mass is 449 g/mol. The van der Waals surface area contributed by atoms with Crippen LogP contribution in [0.15, 0.2) is 69.9 Å². The number of sulfone groups is 1. The third-order valence-corrected chi connectivity index (χ3v) is 7.14. The lowest BCUT2D eigenvalue weighted by molar-refractivity contribution is -0.384. The van der Waals surface area contributed by atoms with E-state index in [1.807, 2.05) is 0 Å². The summed E-state index contributed by atoms with van der Waals surface area (Å²) < 4.78 is 25.1. The van der Waals surface area contributed by atoms with Crippen LogP contribution in [0, 0.1) is 10.1 Å². The number of carbonyl (C=O) groups is 1. The number of nitrogens with zero attached hydrogens (tertiary/aromatic N) is 2. The van der Waals surface area contributed by atoms with Gasteiger partial charge in [0.25, 0.3) is 5.69 Å². The molecule has 3 rings (SSSR count). The van der Waals surface area contributed by atoms with E-state index in [-0.39, 0.29) is 19.9 Å². The second kappa shape index (κ2) is 8.52. The van der Waals surface area contributed by atoms with Crippen molar-refractivity contribution in [2.45, 2.75) is 9.10 Å². The molecule has 0 radical (unpaired) electrons. The number of benzene rings is 2.